The molecule has 194 valence electrons. The van der Waals surface area contributed by atoms with Crippen molar-refractivity contribution in [2.45, 2.75) is 64.3 Å². The summed E-state index contributed by atoms with van der Waals surface area (Å²) in [6.45, 7) is 10.4. The highest BCUT2D eigenvalue weighted by atomic mass is 16.5. The first-order valence-corrected chi connectivity index (χ1v) is 12.2. The fourth-order valence-corrected chi connectivity index (χ4v) is 5.75. The Bertz CT molecular complexity index is 1360. The maximum absolute atomic E-state index is 14.2. The third-order valence-electron chi connectivity index (χ3n) is 7.14. The lowest BCUT2D eigenvalue weighted by Crippen LogP contribution is -2.58. The summed E-state index contributed by atoms with van der Waals surface area (Å²) in [6, 6.07) is 7.04. The number of aryl methyl sites for hydroxylation is 1. The molecule has 3 aliphatic rings. The maximum atomic E-state index is 14.2. The molecule has 0 aliphatic carbocycles. The molecule has 4 heterocycles. The van der Waals surface area contributed by atoms with E-state index in [9.17, 15) is 19.2 Å². The van der Waals surface area contributed by atoms with Gasteiger partial charge in [0, 0.05) is 22.9 Å². The number of carbonyl (C=O) groups excluding carboxylic acids is 4. The molecule has 2 bridgehead atoms. The maximum Gasteiger partial charge on any atom is 0.246 e. The number of rotatable bonds is 5. The summed E-state index contributed by atoms with van der Waals surface area (Å²) in [4.78, 5) is 55.0. The number of fused-ring (bicyclic) bond motifs is 1. The van der Waals surface area contributed by atoms with Gasteiger partial charge in [0.1, 0.15) is 17.4 Å². The molecular weight excluding hydrogens is 476 g/mol. The van der Waals surface area contributed by atoms with Crippen LogP contribution in [0, 0.1) is 18.8 Å². The molecule has 3 aliphatic heterocycles. The average Bonchev–Trinajstić information content (AvgIpc) is 3.49. The Balaban J connectivity index is 1.61. The zero-order chi connectivity index (χ0) is 26.9. The number of amides is 3. The molecule has 0 radical (unpaired) electrons. The van der Waals surface area contributed by atoms with Gasteiger partial charge in [0.05, 0.1) is 17.4 Å². The summed E-state index contributed by atoms with van der Waals surface area (Å²) in [7, 11) is 0. The first kappa shape index (κ1) is 24.9. The molecule has 2 aromatic rings. The molecule has 10 heteroatoms. The lowest BCUT2D eigenvalue weighted by Gasteiger charge is -2.35. The fraction of sp³-hybridized carbons (Fsp3) is 0.444. The predicted octanol–water partition coefficient (Wildman–Crippen LogP) is 2.78. The second-order valence-corrected chi connectivity index (χ2v) is 11.2. The van der Waals surface area contributed by atoms with Gasteiger partial charge in [-0.1, -0.05) is 29.4 Å². The van der Waals surface area contributed by atoms with Gasteiger partial charge in [-0.3, -0.25) is 24.1 Å². The van der Waals surface area contributed by atoms with E-state index in [-0.39, 0.29) is 11.6 Å². The number of Topliss-reactive ketones (excluding diaryl/α,β-unsaturated/α-hetero) is 1. The average molecular weight is 507 g/mol. The Morgan fingerprint density at radius 1 is 1.11 bits per heavy atom. The highest BCUT2D eigenvalue weighted by Crippen LogP contribution is 2.60. The Morgan fingerprint density at radius 2 is 1.84 bits per heavy atom. The molecule has 37 heavy (non-hydrogen) atoms. The molecule has 2 saturated heterocycles. The number of hydrogen-bond acceptors (Lipinski definition) is 7. The lowest BCUT2D eigenvalue weighted by atomic mass is 9.70. The predicted molar refractivity (Wildman–Crippen MR) is 134 cm³/mol. The second kappa shape index (κ2) is 8.11. The molecule has 1 aromatic carbocycles. The third kappa shape index (κ3) is 3.87. The molecule has 5 rings (SSSR count). The van der Waals surface area contributed by atoms with Crippen LogP contribution in [0.4, 0.5) is 11.5 Å². The zero-order valence-corrected chi connectivity index (χ0v) is 21.6. The molecule has 3 amide bonds. The number of nitrogens with zero attached hydrogens (tertiary/aromatic N) is 2. The van der Waals surface area contributed by atoms with Gasteiger partial charge in [-0.15, -0.1) is 0 Å². The van der Waals surface area contributed by atoms with Crippen LogP contribution in [0.15, 0.2) is 47.0 Å². The minimum absolute atomic E-state index is 0.174. The van der Waals surface area contributed by atoms with Crippen molar-refractivity contribution in [1.29, 1.82) is 0 Å². The number of nitrogens with one attached hydrogen (secondary N) is 2. The first-order chi connectivity index (χ1) is 17.3. The van der Waals surface area contributed by atoms with Gasteiger partial charge in [-0.05, 0) is 53.7 Å². The monoisotopic (exact) mass is 506 g/mol. The van der Waals surface area contributed by atoms with E-state index in [1.807, 2.05) is 20.8 Å². The van der Waals surface area contributed by atoms with Crippen molar-refractivity contribution in [1.82, 2.24) is 10.5 Å². The van der Waals surface area contributed by atoms with E-state index < -0.39 is 52.3 Å². The van der Waals surface area contributed by atoms with E-state index in [4.69, 9.17) is 9.26 Å². The van der Waals surface area contributed by atoms with E-state index in [0.717, 1.165) is 0 Å². The summed E-state index contributed by atoms with van der Waals surface area (Å²) >= 11 is 0. The summed E-state index contributed by atoms with van der Waals surface area (Å²) < 4.78 is 11.5. The third-order valence-corrected chi connectivity index (χ3v) is 7.14. The van der Waals surface area contributed by atoms with Crippen molar-refractivity contribution in [3.63, 3.8) is 0 Å². The Labute approximate surface area is 214 Å². The molecule has 2 N–H and O–H groups in total. The van der Waals surface area contributed by atoms with Gasteiger partial charge in [-0.25, -0.2) is 0 Å². The number of ether oxygens (including phenoxy) is 1. The number of carbonyl (C=O) groups is 4. The summed E-state index contributed by atoms with van der Waals surface area (Å²) in [5.41, 5.74) is -2.30. The van der Waals surface area contributed by atoms with Crippen molar-refractivity contribution in [3.8, 4) is 0 Å². The molecule has 0 saturated carbocycles. The van der Waals surface area contributed by atoms with Gasteiger partial charge < -0.3 is 19.9 Å². The van der Waals surface area contributed by atoms with Crippen LogP contribution in [-0.2, 0) is 19.1 Å². The van der Waals surface area contributed by atoms with E-state index >= 15 is 0 Å². The van der Waals surface area contributed by atoms with Crippen LogP contribution in [0.1, 0.15) is 50.7 Å². The van der Waals surface area contributed by atoms with Crippen molar-refractivity contribution in [2.24, 2.45) is 11.8 Å². The van der Waals surface area contributed by atoms with Gasteiger partial charge >= 0.3 is 0 Å². The van der Waals surface area contributed by atoms with E-state index in [1.165, 1.54) is 11.8 Å². The Kier molecular flexibility index (Phi) is 5.45. The second-order valence-electron chi connectivity index (χ2n) is 11.2. The molecule has 2 fully saturated rings. The van der Waals surface area contributed by atoms with Gasteiger partial charge in [-0.2, -0.15) is 0 Å². The topological polar surface area (TPSA) is 131 Å². The largest absolute Gasteiger partial charge is 0.360 e. The minimum atomic E-state index is -1.38. The molecule has 0 unspecified atom stereocenters. The van der Waals surface area contributed by atoms with Gasteiger partial charge in [0.15, 0.2) is 11.6 Å². The number of hydrogen-bond donors (Lipinski definition) is 2. The van der Waals surface area contributed by atoms with E-state index in [1.54, 1.807) is 56.3 Å². The standard InChI is InChI=1S/C27H30N4O6/c1-14-12-18(30-36-14)28-22(33)19-20-24(35)31(17-9-7-8-16(13-17)15(2)32)21(23(34)29-25(3,4)5)27(20)11-10-26(19,6)37-27/h7-13,19-21H,1-6H3,(H,29,34)(H,28,30,33)/t19-,20+,21-,26-,27+/m1/s1. The Hall–Kier alpha value is -3.79. The number of anilines is 2. The number of benzene rings is 1. The van der Waals surface area contributed by atoms with E-state index in [0.29, 0.717) is 17.0 Å². The quantitative estimate of drug-likeness (QED) is 0.471. The molecule has 1 spiro atoms. The molecular formula is C27H30N4O6. The first-order valence-electron chi connectivity index (χ1n) is 12.2. The van der Waals surface area contributed by atoms with Crippen LogP contribution in [0.3, 0.4) is 0 Å². The highest BCUT2D eigenvalue weighted by Gasteiger charge is 2.76. The minimum Gasteiger partial charge on any atom is -0.360 e. The van der Waals surface area contributed by atoms with Gasteiger partial charge in [0.25, 0.3) is 0 Å². The highest BCUT2D eigenvalue weighted by molar-refractivity contribution is 6.12. The SMILES string of the molecule is CC(=O)c1cccc(N2C(=O)[C@@H]3[C@H](C(=O)Nc4cc(C)on4)[C@@]4(C)C=C[C@@]3(O4)[C@H]2C(=O)NC(C)(C)C)c1. The fourth-order valence-electron chi connectivity index (χ4n) is 5.75. The number of ketones is 1. The van der Waals surface area contributed by atoms with Crippen LogP contribution in [0.5, 0.6) is 0 Å². The molecule has 10 nitrogen and oxygen atoms in total. The van der Waals surface area contributed by atoms with Crippen LogP contribution >= 0.6 is 0 Å². The smallest absolute Gasteiger partial charge is 0.246 e. The van der Waals surface area contributed by atoms with Crippen LogP contribution in [0.25, 0.3) is 0 Å². The Morgan fingerprint density at radius 3 is 2.46 bits per heavy atom. The summed E-state index contributed by atoms with van der Waals surface area (Å²) in [6.07, 6.45) is 3.49. The van der Waals surface area contributed by atoms with Crippen LogP contribution in [0.2, 0.25) is 0 Å². The molecule has 1 aromatic heterocycles. The lowest BCUT2D eigenvalue weighted by molar-refractivity contribution is -0.131. The van der Waals surface area contributed by atoms with Crippen molar-refractivity contribution >= 4 is 35.0 Å². The normalized spacial score (nSPS) is 29.9. The molecule has 5 atom stereocenters. The van der Waals surface area contributed by atoms with Crippen LogP contribution in [-0.4, -0.2) is 51.4 Å². The van der Waals surface area contributed by atoms with Crippen molar-refractivity contribution < 1.29 is 28.4 Å². The van der Waals surface area contributed by atoms with Gasteiger partial charge in [0.2, 0.25) is 17.7 Å². The van der Waals surface area contributed by atoms with Crippen molar-refractivity contribution in [3.05, 3.63) is 53.8 Å². The number of aromatic nitrogens is 1. The van der Waals surface area contributed by atoms with Crippen molar-refractivity contribution in [2.75, 3.05) is 10.2 Å². The summed E-state index contributed by atoms with van der Waals surface area (Å²) in [5.74, 6) is -2.65. The van der Waals surface area contributed by atoms with E-state index in [2.05, 4.69) is 15.8 Å². The van der Waals surface area contributed by atoms with Crippen LogP contribution < -0.4 is 15.5 Å². The summed E-state index contributed by atoms with van der Waals surface area (Å²) in [5, 5.41) is 9.53. The zero-order valence-electron chi connectivity index (χ0n) is 21.6.